The highest BCUT2D eigenvalue weighted by atomic mass is 16.6. The fourth-order valence-corrected chi connectivity index (χ4v) is 4.42. The van der Waals surface area contributed by atoms with Crippen molar-refractivity contribution in [3.05, 3.63) is 59.0 Å². The van der Waals surface area contributed by atoms with Gasteiger partial charge < -0.3 is 20.1 Å². The number of rotatable bonds is 4. The number of nitrogens with two attached hydrogens (primary N) is 1. The summed E-state index contributed by atoms with van der Waals surface area (Å²) >= 11 is 0. The van der Waals surface area contributed by atoms with E-state index >= 15 is 0 Å². The Morgan fingerprint density at radius 1 is 1.16 bits per heavy atom. The van der Waals surface area contributed by atoms with E-state index in [0.29, 0.717) is 46.9 Å². The number of nitrogens with one attached hydrogen (secondary N) is 1. The van der Waals surface area contributed by atoms with Crippen LogP contribution in [0.4, 0.5) is 10.6 Å². The number of benzene rings is 1. The van der Waals surface area contributed by atoms with Crippen LogP contribution in [-0.4, -0.2) is 54.6 Å². The molecule has 0 spiro atoms. The Kier molecular flexibility index (Phi) is 6.28. The topological polar surface area (TPSA) is 141 Å². The number of aromatic amines is 1. The number of likely N-dealkylation sites (tertiary alicyclic amines) is 1. The Morgan fingerprint density at radius 3 is 2.65 bits per heavy atom. The molecule has 0 bridgehead atoms. The minimum absolute atomic E-state index is 0.153. The van der Waals surface area contributed by atoms with Gasteiger partial charge in [0.2, 0.25) is 5.88 Å². The molecular weight excluding hydrogens is 474 g/mol. The van der Waals surface area contributed by atoms with Gasteiger partial charge >= 0.3 is 6.09 Å². The average Bonchev–Trinajstić information content (AvgIpc) is 3.29. The molecule has 11 heteroatoms. The van der Waals surface area contributed by atoms with Gasteiger partial charge in [-0.1, -0.05) is 18.2 Å². The summed E-state index contributed by atoms with van der Waals surface area (Å²) in [6.07, 6.45) is 2.71. The van der Waals surface area contributed by atoms with Gasteiger partial charge in [0.05, 0.1) is 11.4 Å². The summed E-state index contributed by atoms with van der Waals surface area (Å²) in [4.78, 5) is 31.7. The maximum Gasteiger partial charge on any atom is 0.410 e. The largest absolute Gasteiger partial charge is 0.444 e. The zero-order chi connectivity index (χ0) is 26.2. The maximum atomic E-state index is 12.9. The number of carbonyl (C=O) groups is 1. The van der Waals surface area contributed by atoms with Gasteiger partial charge in [0.15, 0.2) is 5.82 Å². The summed E-state index contributed by atoms with van der Waals surface area (Å²) in [7, 11) is 0. The summed E-state index contributed by atoms with van der Waals surface area (Å²) in [6, 6.07) is 12.7. The first-order valence-corrected chi connectivity index (χ1v) is 12.1. The molecule has 0 radical (unpaired) electrons. The number of anilines is 1. The van der Waals surface area contributed by atoms with Crippen molar-refractivity contribution in [2.24, 2.45) is 0 Å². The number of hydrogen-bond acceptors (Lipinski definition) is 8. The lowest BCUT2D eigenvalue weighted by atomic mass is 10.1. The van der Waals surface area contributed by atoms with Crippen molar-refractivity contribution in [2.45, 2.75) is 45.3 Å². The monoisotopic (exact) mass is 503 g/mol. The number of carbonyl (C=O) groups excluding carboxylic acids is 1. The molecule has 1 aromatic carbocycles. The molecule has 1 aliphatic rings. The second-order valence-corrected chi connectivity index (χ2v) is 9.98. The molecule has 1 aliphatic heterocycles. The van der Waals surface area contributed by atoms with E-state index < -0.39 is 11.2 Å². The SMILES string of the molecule is CC(C)(C)OC(=O)N1CCC[C@@H](n2nc(-c3ccc(Oc4ccccc4)nc3)c3c(N)n[nH]c(=O)c32)C1. The molecule has 4 heterocycles. The second-order valence-electron chi connectivity index (χ2n) is 9.98. The molecule has 37 heavy (non-hydrogen) atoms. The smallest absolute Gasteiger partial charge is 0.410 e. The fraction of sp³-hybridized carbons (Fsp3) is 0.346. The molecule has 3 aromatic heterocycles. The molecule has 4 aromatic rings. The molecule has 1 fully saturated rings. The number of nitrogen functional groups attached to an aromatic ring is 1. The quantitative estimate of drug-likeness (QED) is 0.423. The highest BCUT2D eigenvalue weighted by Gasteiger charge is 2.31. The van der Waals surface area contributed by atoms with Crippen molar-refractivity contribution in [1.29, 1.82) is 0 Å². The molecule has 1 amide bonds. The molecule has 11 nitrogen and oxygen atoms in total. The first kappa shape index (κ1) is 24.3. The third kappa shape index (κ3) is 5.11. The lowest BCUT2D eigenvalue weighted by Crippen LogP contribution is -2.43. The number of fused-ring (bicyclic) bond motifs is 1. The van der Waals surface area contributed by atoms with E-state index in [4.69, 9.17) is 20.3 Å². The first-order chi connectivity index (χ1) is 17.7. The third-order valence-electron chi connectivity index (χ3n) is 6.03. The lowest BCUT2D eigenvalue weighted by Gasteiger charge is -2.34. The first-order valence-electron chi connectivity index (χ1n) is 12.1. The Hall–Kier alpha value is -4.41. The zero-order valence-corrected chi connectivity index (χ0v) is 21.0. The average molecular weight is 504 g/mol. The summed E-state index contributed by atoms with van der Waals surface area (Å²) in [5.74, 6) is 1.24. The highest BCUT2D eigenvalue weighted by Crippen LogP contribution is 2.34. The summed E-state index contributed by atoms with van der Waals surface area (Å²) in [6.45, 7) is 6.43. The van der Waals surface area contributed by atoms with Crippen molar-refractivity contribution in [2.75, 3.05) is 18.8 Å². The van der Waals surface area contributed by atoms with Crippen LogP contribution in [0.25, 0.3) is 22.2 Å². The van der Waals surface area contributed by atoms with Gasteiger partial charge in [-0.15, -0.1) is 0 Å². The van der Waals surface area contributed by atoms with Crippen LogP contribution in [0.5, 0.6) is 11.6 Å². The van der Waals surface area contributed by atoms with E-state index in [-0.39, 0.29) is 18.0 Å². The number of pyridine rings is 1. The minimum Gasteiger partial charge on any atom is -0.444 e. The molecular formula is C26H29N7O4. The third-order valence-corrected chi connectivity index (χ3v) is 6.03. The van der Waals surface area contributed by atoms with Crippen LogP contribution in [0.15, 0.2) is 53.5 Å². The van der Waals surface area contributed by atoms with Crippen LogP contribution >= 0.6 is 0 Å². The summed E-state index contributed by atoms with van der Waals surface area (Å²) in [5, 5.41) is 11.7. The Bertz CT molecular complexity index is 1470. The predicted molar refractivity (Wildman–Crippen MR) is 138 cm³/mol. The zero-order valence-electron chi connectivity index (χ0n) is 21.0. The molecule has 1 saturated heterocycles. The van der Waals surface area contributed by atoms with Crippen LogP contribution < -0.4 is 16.0 Å². The van der Waals surface area contributed by atoms with Gasteiger partial charge in [0, 0.05) is 30.9 Å². The van der Waals surface area contributed by atoms with Crippen LogP contribution in [0.1, 0.15) is 39.7 Å². The van der Waals surface area contributed by atoms with E-state index in [1.807, 2.05) is 57.2 Å². The van der Waals surface area contributed by atoms with Gasteiger partial charge in [-0.3, -0.25) is 9.48 Å². The predicted octanol–water partition coefficient (Wildman–Crippen LogP) is 4.13. The maximum absolute atomic E-state index is 12.9. The van der Waals surface area contributed by atoms with E-state index in [2.05, 4.69) is 15.2 Å². The molecule has 5 rings (SSSR count). The van der Waals surface area contributed by atoms with Crippen molar-refractivity contribution in [3.8, 4) is 22.9 Å². The minimum atomic E-state index is -0.601. The van der Waals surface area contributed by atoms with E-state index in [0.717, 1.165) is 12.8 Å². The number of ether oxygens (including phenoxy) is 2. The molecule has 1 atom stereocenters. The molecule has 192 valence electrons. The molecule has 0 unspecified atom stereocenters. The van der Waals surface area contributed by atoms with E-state index in [1.54, 1.807) is 21.8 Å². The van der Waals surface area contributed by atoms with Crippen molar-refractivity contribution >= 4 is 22.8 Å². The van der Waals surface area contributed by atoms with Crippen LogP contribution in [-0.2, 0) is 4.74 Å². The standard InChI is InChI=1S/C26H29N7O4/c1-26(2,3)37-25(35)32-13-7-8-17(15-32)33-22-20(23(27)29-30-24(22)34)21(31-33)16-11-12-19(28-14-16)36-18-9-5-4-6-10-18/h4-6,9-12,14,17H,7-8,13,15H2,1-3H3,(H2,27,29)(H,30,34)/t17-/m1/s1. The van der Waals surface area contributed by atoms with Crippen LogP contribution in [0.3, 0.4) is 0 Å². The molecule has 3 N–H and O–H groups in total. The van der Waals surface area contributed by atoms with Crippen LogP contribution in [0.2, 0.25) is 0 Å². The summed E-state index contributed by atoms with van der Waals surface area (Å²) in [5.41, 5.74) is 6.66. The number of aromatic nitrogens is 5. The highest BCUT2D eigenvalue weighted by molar-refractivity contribution is 5.99. The fourth-order valence-electron chi connectivity index (χ4n) is 4.42. The van der Waals surface area contributed by atoms with Gasteiger partial charge in [-0.05, 0) is 51.8 Å². The van der Waals surface area contributed by atoms with E-state index in [1.165, 1.54) is 0 Å². The van der Waals surface area contributed by atoms with Crippen molar-refractivity contribution < 1.29 is 14.3 Å². The van der Waals surface area contributed by atoms with Gasteiger partial charge in [-0.2, -0.15) is 10.2 Å². The molecule has 0 aliphatic carbocycles. The molecule has 0 saturated carbocycles. The lowest BCUT2D eigenvalue weighted by molar-refractivity contribution is 0.0169. The number of hydrogen-bond donors (Lipinski definition) is 2. The van der Waals surface area contributed by atoms with Gasteiger partial charge in [-0.25, -0.2) is 14.9 Å². The summed E-state index contributed by atoms with van der Waals surface area (Å²) < 4.78 is 13.0. The second kappa shape index (κ2) is 9.57. The van der Waals surface area contributed by atoms with Gasteiger partial charge in [0.25, 0.3) is 5.56 Å². The van der Waals surface area contributed by atoms with Gasteiger partial charge in [0.1, 0.15) is 22.6 Å². The number of piperidine rings is 1. The van der Waals surface area contributed by atoms with Crippen LogP contribution in [0, 0.1) is 0 Å². The Labute approximate surface area is 213 Å². The number of amides is 1. The Morgan fingerprint density at radius 2 is 1.95 bits per heavy atom. The normalized spacial score (nSPS) is 16.1. The van der Waals surface area contributed by atoms with Crippen molar-refractivity contribution in [1.82, 2.24) is 29.9 Å². The van der Waals surface area contributed by atoms with E-state index in [9.17, 15) is 9.59 Å². The number of H-pyrrole nitrogens is 1. The van der Waals surface area contributed by atoms with Crippen molar-refractivity contribution in [3.63, 3.8) is 0 Å². The number of para-hydroxylation sites is 1. The Balaban J connectivity index is 1.49. The number of nitrogens with zero attached hydrogens (tertiary/aromatic N) is 5.